The molecule has 0 bridgehead atoms. The van der Waals surface area contributed by atoms with Crippen molar-refractivity contribution in [3.05, 3.63) is 118 Å². The van der Waals surface area contributed by atoms with E-state index in [0.717, 1.165) is 98.5 Å². The number of benzene rings is 4. The molecule has 0 amide bonds. The van der Waals surface area contributed by atoms with Gasteiger partial charge in [0.2, 0.25) is 0 Å². The van der Waals surface area contributed by atoms with Gasteiger partial charge >= 0.3 is 0 Å². The second kappa shape index (κ2) is 21.7. The highest BCUT2D eigenvalue weighted by atomic mass is 16.5. The predicted octanol–water partition coefficient (Wildman–Crippen LogP) is 11.1. The van der Waals surface area contributed by atoms with E-state index < -0.39 is 0 Å². The van der Waals surface area contributed by atoms with Gasteiger partial charge in [0.25, 0.3) is 0 Å². The topological polar surface area (TPSA) is 89.9 Å². The monoisotopic (exact) mass is 929 g/mol. The standard InChI is InChI=1S/C29H39NO3.C26H30O3.C4H11NO/c1-29-13-12-22-23(25(29)14-21(28(29)31)17-30(2)3)11-10-20-15-27(26(32-4)16-24(20)22)33-18-19-8-6-5-7-9-19;1-26-13-12-19-20(22(26)10-11-25(26)27)9-8-18-14-24(23(28-2)15-21(18)19)29-16-17-6-4-3-5-7-17;1-5(2)4-6-3/h5-9,15-16,21-23,25,28,31H,10-14,17-18H2,1-4H3;3-7,14-15,19-20,22H,8-13,16H2,1-2H3;4H2,1-3H3/t21-,22?,23?,25?,28+,29+;19?,20?,22?,26-;/m10./s1. The Bertz CT molecular complexity index is 2300. The van der Waals surface area contributed by atoms with Gasteiger partial charge in [-0.25, -0.2) is 0 Å². The van der Waals surface area contributed by atoms with Gasteiger partial charge in [-0.2, -0.15) is 0 Å². The van der Waals surface area contributed by atoms with Crippen LogP contribution in [0, 0.1) is 40.4 Å². The highest BCUT2D eigenvalue weighted by Gasteiger charge is 2.58. The fraction of sp³-hybridized carbons (Fsp3) is 0.576. The summed E-state index contributed by atoms with van der Waals surface area (Å²) in [5, 5.41) is 11.3. The highest BCUT2D eigenvalue weighted by Crippen LogP contribution is 2.63. The summed E-state index contributed by atoms with van der Waals surface area (Å²) in [6.45, 7) is 7.39. The van der Waals surface area contributed by atoms with Crippen LogP contribution >= 0.6 is 0 Å². The average Bonchev–Trinajstić information content (AvgIpc) is 3.79. The first-order valence-corrected chi connectivity index (χ1v) is 25.5. The number of rotatable bonds is 12. The van der Waals surface area contributed by atoms with E-state index >= 15 is 0 Å². The van der Waals surface area contributed by atoms with Crippen molar-refractivity contribution in [3.8, 4) is 23.0 Å². The fourth-order valence-electron chi connectivity index (χ4n) is 14.0. The van der Waals surface area contributed by atoms with Crippen LogP contribution in [-0.4, -0.2) is 89.6 Å². The Morgan fingerprint density at radius 2 is 1.13 bits per heavy atom. The van der Waals surface area contributed by atoms with Crippen LogP contribution in [0.5, 0.6) is 23.0 Å². The maximum atomic E-state index is 12.5. The number of fused-ring (bicyclic) bond motifs is 10. The molecule has 6 aliphatic carbocycles. The number of hydrogen-bond donors (Lipinski definition) is 1. The van der Waals surface area contributed by atoms with Crippen molar-refractivity contribution in [3.63, 3.8) is 0 Å². The largest absolute Gasteiger partial charge is 0.493 e. The Labute approximate surface area is 407 Å². The van der Waals surface area contributed by atoms with Crippen LogP contribution in [0.1, 0.15) is 117 Å². The molecule has 4 saturated carbocycles. The number of aliphatic hydroxyl groups is 1. The summed E-state index contributed by atoms with van der Waals surface area (Å²) in [4.78, 5) is 16.7. The van der Waals surface area contributed by atoms with Gasteiger partial charge in [0.1, 0.15) is 19.0 Å². The van der Waals surface area contributed by atoms with E-state index in [1.807, 2.05) is 55.4 Å². The maximum Gasteiger partial charge on any atom is 0.161 e. The summed E-state index contributed by atoms with van der Waals surface area (Å²) in [5.74, 6) is 7.82. The number of aryl methyl sites for hydroxylation is 2. The van der Waals surface area contributed by atoms with Gasteiger partial charge in [0.05, 0.1) is 27.1 Å². The number of methoxy groups -OCH3 is 3. The highest BCUT2D eigenvalue weighted by molar-refractivity contribution is 5.87. The zero-order valence-electron chi connectivity index (χ0n) is 42.6. The summed E-state index contributed by atoms with van der Waals surface area (Å²) in [6.07, 6.45) is 11.8. The molecule has 368 valence electrons. The summed E-state index contributed by atoms with van der Waals surface area (Å²) >= 11 is 0. The predicted molar refractivity (Wildman–Crippen MR) is 271 cm³/mol. The minimum Gasteiger partial charge on any atom is -0.493 e. The van der Waals surface area contributed by atoms with Crippen LogP contribution in [0.4, 0.5) is 0 Å². The molecule has 4 aromatic rings. The first kappa shape index (κ1) is 50.0. The van der Waals surface area contributed by atoms with E-state index in [1.165, 1.54) is 35.1 Å². The first-order valence-electron chi connectivity index (χ1n) is 25.5. The molecule has 10 atom stereocenters. The maximum absolute atomic E-state index is 12.5. The second-order valence-electron chi connectivity index (χ2n) is 21.9. The molecule has 4 fully saturated rings. The molecule has 0 heterocycles. The fourth-order valence-corrected chi connectivity index (χ4v) is 14.0. The smallest absolute Gasteiger partial charge is 0.161 e. The number of ketones is 1. The van der Waals surface area contributed by atoms with Gasteiger partial charge in [-0.1, -0.05) is 74.5 Å². The molecule has 0 spiro atoms. The van der Waals surface area contributed by atoms with Crippen molar-refractivity contribution in [2.75, 3.05) is 62.8 Å². The summed E-state index contributed by atoms with van der Waals surface area (Å²) < 4.78 is 28.6. The third-order valence-electron chi connectivity index (χ3n) is 17.3. The third-order valence-corrected chi connectivity index (χ3v) is 17.3. The molecule has 9 nitrogen and oxygen atoms in total. The number of hydrogen-bond acceptors (Lipinski definition) is 9. The van der Waals surface area contributed by atoms with Crippen LogP contribution in [0.3, 0.4) is 0 Å². The Balaban J connectivity index is 0.000000165. The number of aliphatic hydroxyl groups excluding tert-OH is 1. The minimum absolute atomic E-state index is 0.0577. The number of carbonyl (C=O) groups excluding carboxylic acids is 1. The Kier molecular flexibility index (Phi) is 16.0. The Morgan fingerprint density at radius 3 is 1.60 bits per heavy atom. The summed E-state index contributed by atoms with van der Waals surface area (Å²) in [5.41, 5.74) is 8.04. The molecule has 4 aromatic carbocycles. The van der Waals surface area contributed by atoms with Gasteiger partial charge < -0.3 is 33.7 Å². The van der Waals surface area contributed by atoms with Crippen LogP contribution in [0.2, 0.25) is 0 Å². The molecule has 0 radical (unpaired) electrons. The van der Waals surface area contributed by atoms with Crippen molar-refractivity contribution in [2.45, 2.75) is 116 Å². The summed E-state index contributed by atoms with van der Waals surface area (Å²) in [6, 6.07) is 29.5. The molecule has 10 rings (SSSR count). The lowest BCUT2D eigenvalue weighted by Gasteiger charge is -2.50. The van der Waals surface area contributed by atoms with E-state index in [1.54, 1.807) is 21.3 Å². The zero-order valence-corrected chi connectivity index (χ0v) is 42.6. The summed E-state index contributed by atoms with van der Waals surface area (Å²) in [7, 11) is 13.3. The van der Waals surface area contributed by atoms with Crippen molar-refractivity contribution >= 4 is 5.78 Å². The van der Waals surface area contributed by atoms with Gasteiger partial charge in [-0.15, -0.1) is 0 Å². The Hall–Kier alpha value is -4.41. The van der Waals surface area contributed by atoms with Crippen molar-refractivity contribution in [2.24, 2.45) is 40.4 Å². The van der Waals surface area contributed by atoms with E-state index in [0.29, 0.717) is 67.2 Å². The zero-order chi connectivity index (χ0) is 48.2. The lowest BCUT2D eigenvalue weighted by atomic mass is 9.55. The molecule has 68 heavy (non-hydrogen) atoms. The normalized spacial score (nSPS) is 29.7. The quantitative estimate of drug-likeness (QED) is 0.140. The van der Waals surface area contributed by atoms with Crippen LogP contribution in [0.15, 0.2) is 84.9 Å². The van der Waals surface area contributed by atoms with Crippen LogP contribution < -0.4 is 18.9 Å². The molecule has 0 saturated heterocycles. The third kappa shape index (κ3) is 10.4. The first-order chi connectivity index (χ1) is 32.8. The molecular formula is C59H80N2O7. The van der Waals surface area contributed by atoms with E-state index in [9.17, 15) is 9.90 Å². The van der Waals surface area contributed by atoms with Gasteiger partial charge in [-0.3, -0.25) is 9.69 Å². The number of nitrogens with zero attached hydrogens (tertiary/aromatic N) is 2. The lowest BCUT2D eigenvalue weighted by Crippen LogP contribution is -2.44. The SMILES string of the molecule is COCN(C)C.COc1cc2c(cc1OCc1ccccc1)CCC1C2CC[C@@]2(C)C1C[C@H](CN(C)C)[C@@H]2O.COc1cc2c(cc1OCc1ccccc1)CCC1C2CC[C@]2(C)C(=O)CCC12. The minimum atomic E-state index is -0.185. The average molecular weight is 929 g/mol. The van der Waals surface area contributed by atoms with Gasteiger partial charge in [-0.05, 0) is 197 Å². The molecule has 0 aromatic heterocycles. The van der Waals surface area contributed by atoms with Crippen molar-refractivity contribution < 1.29 is 33.6 Å². The number of Topliss-reactive ketones (excluding diaryl/α,β-unsaturated/α-hetero) is 1. The van der Waals surface area contributed by atoms with Crippen molar-refractivity contribution in [1.82, 2.24) is 9.80 Å². The second-order valence-corrected chi connectivity index (χ2v) is 21.9. The molecule has 9 heteroatoms. The molecule has 0 aliphatic heterocycles. The molecule has 1 N–H and O–H groups in total. The van der Waals surface area contributed by atoms with Crippen LogP contribution in [0.25, 0.3) is 0 Å². The lowest BCUT2D eigenvalue weighted by molar-refractivity contribution is -0.129. The van der Waals surface area contributed by atoms with Gasteiger partial charge in [0.15, 0.2) is 23.0 Å². The number of ether oxygens (including phenoxy) is 5. The van der Waals surface area contributed by atoms with Crippen LogP contribution in [-0.2, 0) is 35.6 Å². The molecular weight excluding hydrogens is 849 g/mol. The molecule has 6 aliphatic rings. The van der Waals surface area contributed by atoms with E-state index in [-0.39, 0.29) is 16.9 Å². The van der Waals surface area contributed by atoms with E-state index in [2.05, 4.69) is 81.4 Å². The van der Waals surface area contributed by atoms with E-state index in [4.69, 9.17) is 23.7 Å². The Morgan fingerprint density at radius 1 is 0.618 bits per heavy atom. The van der Waals surface area contributed by atoms with Crippen molar-refractivity contribution in [1.29, 1.82) is 0 Å². The number of carbonyl (C=O) groups is 1. The van der Waals surface area contributed by atoms with Gasteiger partial charge in [0, 0.05) is 25.5 Å². The molecule has 6 unspecified atom stereocenters.